The number of nitro benzene ring substituents is 1. The quantitative estimate of drug-likeness (QED) is 0.509. The molecule has 0 bridgehead atoms. The number of nitro groups is 1. The highest BCUT2D eigenvalue weighted by molar-refractivity contribution is 5.89. The third-order valence-electron chi connectivity index (χ3n) is 3.00. The highest BCUT2D eigenvalue weighted by Gasteiger charge is 2.01. The van der Waals surface area contributed by atoms with Crippen LogP contribution in [-0.2, 0) is 4.79 Å². The number of carbonyl (C=O) groups is 1. The molecule has 0 saturated carbocycles. The van der Waals surface area contributed by atoms with Crippen molar-refractivity contribution >= 4 is 29.4 Å². The third-order valence-corrected chi connectivity index (χ3v) is 3.00. The van der Waals surface area contributed by atoms with E-state index < -0.39 is 4.92 Å². The first kappa shape index (κ1) is 16.2. The van der Waals surface area contributed by atoms with Crippen molar-refractivity contribution in [3.8, 4) is 0 Å². The van der Waals surface area contributed by atoms with Crippen molar-refractivity contribution in [1.82, 2.24) is 0 Å². The Morgan fingerprint density at radius 1 is 1.04 bits per heavy atom. The molecule has 1 amide bonds. The summed E-state index contributed by atoms with van der Waals surface area (Å²) in [5.41, 5.74) is 2.67. The Labute approximate surface area is 134 Å². The number of non-ortho nitro benzene ring substituents is 1. The average Bonchev–Trinajstić information content (AvgIpc) is 2.52. The van der Waals surface area contributed by atoms with Crippen LogP contribution >= 0.6 is 0 Å². The minimum atomic E-state index is -0.421. The van der Waals surface area contributed by atoms with Crippen LogP contribution in [0, 0.1) is 10.1 Å². The van der Waals surface area contributed by atoms with Crippen molar-refractivity contribution in [3.05, 3.63) is 81.9 Å². The molecular formula is C18H16N2O3. The fraction of sp³-hybridized carbons (Fsp3) is 0.0556. The van der Waals surface area contributed by atoms with Crippen molar-refractivity contribution < 1.29 is 9.72 Å². The number of amides is 1. The SMILES string of the molecule is CC(=O)Nc1cccc(/C=C\C=C/c2ccc([N+](=O)[O-])cc2)c1. The van der Waals surface area contributed by atoms with E-state index in [1.54, 1.807) is 12.1 Å². The summed E-state index contributed by atoms with van der Waals surface area (Å²) < 4.78 is 0. The average molecular weight is 308 g/mol. The second kappa shape index (κ2) is 7.70. The molecule has 5 heteroatoms. The lowest BCUT2D eigenvalue weighted by Gasteiger charge is -2.02. The van der Waals surface area contributed by atoms with E-state index in [0.717, 1.165) is 16.8 Å². The number of anilines is 1. The van der Waals surface area contributed by atoms with Gasteiger partial charge in [-0.15, -0.1) is 0 Å². The Hall–Kier alpha value is -3.21. The number of nitrogens with zero attached hydrogens (tertiary/aromatic N) is 1. The van der Waals surface area contributed by atoms with Gasteiger partial charge in [0.25, 0.3) is 5.69 Å². The van der Waals surface area contributed by atoms with Gasteiger partial charge in [0.2, 0.25) is 5.91 Å². The first-order chi connectivity index (χ1) is 11.0. The summed E-state index contributed by atoms with van der Waals surface area (Å²) >= 11 is 0. The van der Waals surface area contributed by atoms with Crippen molar-refractivity contribution in [2.75, 3.05) is 5.32 Å². The van der Waals surface area contributed by atoms with E-state index in [1.165, 1.54) is 19.1 Å². The van der Waals surface area contributed by atoms with Crippen LogP contribution in [0.4, 0.5) is 11.4 Å². The topological polar surface area (TPSA) is 72.2 Å². The molecule has 0 atom stereocenters. The molecular weight excluding hydrogens is 292 g/mol. The fourth-order valence-corrected chi connectivity index (χ4v) is 1.96. The van der Waals surface area contributed by atoms with Gasteiger partial charge in [0.15, 0.2) is 0 Å². The molecule has 0 aliphatic carbocycles. The summed E-state index contributed by atoms with van der Waals surface area (Å²) in [6.45, 7) is 1.47. The lowest BCUT2D eigenvalue weighted by atomic mass is 10.1. The van der Waals surface area contributed by atoms with Gasteiger partial charge in [-0.1, -0.05) is 36.4 Å². The van der Waals surface area contributed by atoms with Crippen LogP contribution in [0.5, 0.6) is 0 Å². The zero-order chi connectivity index (χ0) is 16.7. The van der Waals surface area contributed by atoms with Gasteiger partial charge in [-0.3, -0.25) is 14.9 Å². The van der Waals surface area contributed by atoms with Crippen LogP contribution in [0.1, 0.15) is 18.1 Å². The Kier molecular flexibility index (Phi) is 5.41. The molecule has 0 aliphatic rings. The smallest absolute Gasteiger partial charge is 0.269 e. The minimum absolute atomic E-state index is 0.0764. The summed E-state index contributed by atoms with van der Waals surface area (Å²) in [4.78, 5) is 21.2. The summed E-state index contributed by atoms with van der Waals surface area (Å²) in [5, 5.41) is 13.3. The number of hydrogen-bond acceptors (Lipinski definition) is 3. The molecule has 0 unspecified atom stereocenters. The monoisotopic (exact) mass is 308 g/mol. The van der Waals surface area contributed by atoms with Gasteiger partial charge in [-0.05, 0) is 35.4 Å². The molecule has 116 valence electrons. The Bertz CT molecular complexity index is 762. The minimum Gasteiger partial charge on any atom is -0.326 e. The Balaban J connectivity index is 2.00. The normalized spacial score (nSPS) is 11.0. The van der Waals surface area contributed by atoms with Crippen LogP contribution in [0.15, 0.2) is 60.7 Å². The first-order valence-electron chi connectivity index (χ1n) is 7.01. The highest BCUT2D eigenvalue weighted by atomic mass is 16.6. The van der Waals surface area contributed by atoms with Gasteiger partial charge >= 0.3 is 0 Å². The van der Waals surface area contributed by atoms with Crippen molar-refractivity contribution in [3.63, 3.8) is 0 Å². The van der Waals surface area contributed by atoms with Crippen molar-refractivity contribution in [2.24, 2.45) is 0 Å². The molecule has 0 fully saturated rings. The molecule has 2 rings (SSSR count). The summed E-state index contributed by atoms with van der Waals surface area (Å²) in [7, 11) is 0. The molecule has 0 spiro atoms. The van der Waals surface area contributed by atoms with Crippen molar-refractivity contribution in [2.45, 2.75) is 6.92 Å². The van der Waals surface area contributed by atoms with Gasteiger partial charge in [-0.2, -0.15) is 0 Å². The van der Waals surface area contributed by atoms with Gasteiger partial charge in [0.1, 0.15) is 0 Å². The lowest BCUT2D eigenvalue weighted by molar-refractivity contribution is -0.384. The maximum absolute atomic E-state index is 11.0. The van der Waals surface area contributed by atoms with Crippen LogP contribution in [-0.4, -0.2) is 10.8 Å². The number of hydrogen-bond donors (Lipinski definition) is 1. The first-order valence-corrected chi connectivity index (χ1v) is 7.01. The standard InChI is InChI=1S/C18H16N2O3/c1-14(21)19-17-8-4-7-16(13-17)6-3-2-5-15-9-11-18(12-10-15)20(22)23/h2-13H,1H3,(H,19,21)/b5-2-,6-3-. The van der Waals surface area contributed by atoms with Crippen LogP contribution in [0.25, 0.3) is 12.2 Å². The molecule has 0 aromatic heterocycles. The molecule has 5 nitrogen and oxygen atoms in total. The molecule has 2 aromatic carbocycles. The Morgan fingerprint density at radius 3 is 2.30 bits per heavy atom. The van der Waals surface area contributed by atoms with E-state index in [-0.39, 0.29) is 11.6 Å². The zero-order valence-corrected chi connectivity index (χ0v) is 12.6. The summed E-state index contributed by atoms with van der Waals surface area (Å²) in [5.74, 6) is -0.107. The van der Waals surface area contributed by atoms with E-state index >= 15 is 0 Å². The fourth-order valence-electron chi connectivity index (χ4n) is 1.96. The molecule has 2 aromatic rings. The molecule has 0 aliphatic heterocycles. The molecule has 23 heavy (non-hydrogen) atoms. The van der Waals surface area contributed by atoms with Gasteiger partial charge in [0.05, 0.1) is 4.92 Å². The molecule has 0 saturated heterocycles. The van der Waals surface area contributed by atoms with Crippen LogP contribution in [0.3, 0.4) is 0 Å². The number of carbonyl (C=O) groups excluding carboxylic acids is 1. The van der Waals surface area contributed by atoms with Crippen LogP contribution in [0.2, 0.25) is 0 Å². The van der Waals surface area contributed by atoms with E-state index in [9.17, 15) is 14.9 Å². The van der Waals surface area contributed by atoms with Gasteiger partial charge in [-0.25, -0.2) is 0 Å². The summed E-state index contributed by atoms with van der Waals surface area (Å²) in [6, 6.07) is 13.8. The number of allylic oxidation sites excluding steroid dienone is 2. The maximum Gasteiger partial charge on any atom is 0.269 e. The Morgan fingerprint density at radius 2 is 1.70 bits per heavy atom. The van der Waals surface area contributed by atoms with E-state index in [4.69, 9.17) is 0 Å². The van der Waals surface area contributed by atoms with E-state index in [1.807, 2.05) is 48.6 Å². The number of rotatable bonds is 5. The van der Waals surface area contributed by atoms with Gasteiger partial charge < -0.3 is 5.32 Å². The second-order valence-corrected chi connectivity index (χ2v) is 4.87. The predicted octanol–water partition coefficient (Wildman–Crippen LogP) is 4.28. The van der Waals surface area contributed by atoms with E-state index in [2.05, 4.69) is 5.32 Å². The molecule has 0 heterocycles. The third kappa shape index (κ3) is 5.24. The predicted molar refractivity (Wildman–Crippen MR) is 91.9 cm³/mol. The molecule has 1 N–H and O–H groups in total. The zero-order valence-electron chi connectivity index (χ0n) is 12.6. The largest absolute Gasteiger partial charge is 0.326 e. The summed E-state index contributed by atoms with van der Waals surface area (Å²) in [6.07, 6.45) is 7.49. The number of nitrogens with one attached hydrogen (secondary N) is 1. The van der Waals surface area contributed by atoms with Crippen LogP contribution < -0.4 is 5.32 Å². The number of benzene rings is 2. The van der Waals surface area contributed by atoms with E-state index in [0.29, 0.717) is 0 Å². The lowest BCUT2D eigenvalue weighted by Crippen LogP contribution is -2.05. The van der Waals surface area contributed by atoms with Gasteiger partial charge in [0, 0.05) is 24.7 Å². The highest BCUT2D eigenvalue weighted by Crippen LogP contribution is 2.14. The van der Waals surface area contributed by atoms with Crippen molar-refractivity contribution in [1.29, 1.82) is 0 Å². The maximum atomic E-state index is 11.0. The second-order valence-electron chi connectivity index (χ2n) is 4.87. The molecule has 0 radical (unpaired) electrons.